The lowest BCUT2D eigenvalue weighted by molar-refractivity contribution is -0.198. The van der Waals surface area contributed by atoms with Gasteiger partial charge in [-0.2, -0.15) is 0 Å². The summed E-state index contributed by atoms with van der Waals surface area (Å²) >= 11 is 0. The largest absolute Gasteiger partial charge is 0.486 e. The van der Waals surface area contributed by atoms with E-state index in [0.717, 1.165) is 57.3 Å². The van der Waals surface area contributed by atoms with Gasteiger partial charge in [0, 0.05) is 51.6 Å². The van der Waals surface area contributed by atoms with Crippen LogP contribution >= 0.6 is 0 Å². The Bertz CT molecular complexity index is 1410. The zero-order chi connectivity index (χ0) is 28.1. The molecule has 3 aliphatic heterocycles. The fraction of sp³-hybridized carbons (Fsp3) is 0.353. The standard InChI is InChI=1S/C34H36N2O5/c37-30-23-34(17-19-36(20-18-34)24-27-10-4-5-11-28(27)26-8-2-1-3-9-26)40-31-15-13-25(22-29(30)31)14-16-32(38)35-41-33-12-6-7-21-39-33/h1-5,8-11,13-16,22,33H,6-7,12,17-21,23-24H2,(H,35,38)/b16-14+. The summed E-state index contributed by atoms with van der Waals surface area (Å²) in [5, 5.41) is 0. The first kappa shape index (κ1) is 27.4. The Hall–Kier alpha value is -3.78. The number of likely N-dealkylation sites (tertiary alicyclic amines) is 1. The monoisotopic (exact) mass is 552 g/mol. The second-order valence-electron chi connectivity index (χ2n) is 11.2. The number of hydroxylamine groups is 1. The van der Waals surface area contributed by atoms with Gasteiger partial charge in [-0.1, -0.05) is 60.7 Å². The molecule has 3 aromatic rings. The van der Waals surface area contributed by atoms with Crippen molar-refractivity contribution in [2.24, 2.45) is 0 Å². The van der Waals surface area contributed by atoms with E-state index in [-0.39, 0.29) is 11.7 Å². The lowest BCUT2D eigenvalue weighted by atomic mass is 9.82. The number of hydrogen-bond acceptors (Lipinski definition) is 6. The number of fused-ring (bicyclic) bond motifs is 1. The summed E-state index contributed by atoms with van der Waals surface area (Å²) < 4.78 is 12.0. The molecule has 1 atom stereocenters. The van der Waals surface area contributed by atoms with Crippen molar-refractivity contribution in [3.8, 4) is 16.9 Å². The number of ketones is 1. The van der Waals surface area contributed by atoms with Gasteiger partial charge in [0.05, 0.1) is 12.0 Å². The SMILES string of the molecule is O=C(/C=C/c1ccc2c(c1)C(=O)CC1(CCN(Cc3ccccc3-c3ccccc3)CC1)O2)NOC1CCCCO1. The predicted octanol–water partition coefficient (Wildman–Crippen LogP) is 5.94. The molecule has 1 amide bonds. The number of rotatable bonds is 7. The average molecular weight is 553 g/mol. The first-order chi connectivity index (χ1) is 20.1. The Balaban J connectivity index is 1.05. The molecule has 3 aromatic carbocycles. The molecule has 0 aromatic heterocycles. The number of ether oxygens (including phenoxy) is 2. The van der Waals surface area contributed by atoms with Gasteiger partial charge in [0.2, 0.25) is 0 Å². The molecular weight excluding hydrogens is 516 g/mol. The van der Waals surface area contributed by atoms with Crippen LogP contribution in [0.15, 0.2) is 78.9 Å². The van der Waals surface area contributed by atoms with Gasteiger partial charge < -0.3 is 9.47 Å². The van der Waals surface area contributed by atoms with E-state index in [2.05, 4.69) is 58.9 Å². The Morgan fingerprint density at radius 1 is 1.00 bits per heavy atom. The zero-order valence-corrected chi connectivity index (χ0v) is 23.2. The van der Waals surface area contributed by atoms with Gasteiger partial charge in [0.25, 0.3) is 5.91 Å². The van der Waals surface area contributed by atoms with E-state index >= 15 is 0 Å². The van der Waals surface area contributed by atoms with Crippen molar-refractivity contribution in [1.82, 2.24) is 10.4 Å². The minimum absolute atomic E-state index is 0.0894. The summed E-state index contributed by atoms with van der Waals surface area (Å²) in [6.45, 7) is 3.25. The van der Waals surface area contributed by atoms with Crippen LogP contribution < -0.4 is 10.2 Å². The molecule has 6 rings (SSSR count). The van der Waals surface area contributed by atoms with Crippen molar-refractivity contribution in [2.45, 2.75) is 57.0 Å². The van der Waals surface area contributed by atoms with E-state index in [1.54, 1.807) is 12.1 Å². The van der Waals surface area contributed by atoms with Crippen molar-refractivity contribution < 1.29 is 23.9 Å². The second-order valence-corrected chi connectivity index (χ2v) is 11.2. The molecule has 0 bridgehead atoms. The van der Waals surface area contributed by atoms with Crippen molar-refractivity contribution in [1.29, 1.82) is 0 Å². The normalized spacial score (nSPS) is 20.5. The number of nitrogens with zero attached hydrogens (tertiary/aromatic N) is 1. The maximum atomic E-state index is 13.3. The molecule has 2 fully saturated rings. The van der Waals surface area contributed by atoms with Crippen molar-refractivity contribution in [3.05, 3.63) is 95.6 Å². The molecule has 1 unspecified atom stereocenters. The van der Waals surface area contributed by atoms with Crippen LogP contribution in [0.4, 0.5) is 0 Å². The third-order valence-corrected chi connectivity index (χ3v) is 8.23. The van der Waals surface area contributed by atoms with E-state index in [4.69, 9.17) is 14.3 Å². The van der Waals surface area contributed by atoms with Gasteiger partial charge in [0.1, 0.15) is 11.4 Å². The van der Waals surface area contributed by atoms with E-state index in [1.165, 1.54) is 22.8 Å². The summed E-state index contributed by atoms with van der Waals surface area (Å²) in [6.07, 6.45) is 7.44. The Morgan fingerprint density at radius 3 is 2.61 bits per heavy atom. The summed E-state index contributed by atoms with van der Waals surface area (Å²) in [4.78, 5) is 33.2. The molecule has 212 valence electrons. The topological polar surface area (TPSA) is 77.1 Å². The third kappa shape index (κ3) is 6.59. The Morgan fingerprint density at radius 2 is 1.80 bits per heavy atom. The number of nitrogens with one attached hydrogen (secondary N) is 1. The number of Topliss-reactive ketones (excluding diaryl/α,β-unsaturated/α-hetero) is 1. The van der Waals surface area contributed by atoms with Gasteiger partial charge in [-0.05, 0) is 53.3 Å². The van der Waals surface area contributed by atoms with Crippen LogP contribution in [0, 0.1) is 0 Å². The highest BCUT2D eigenvalue weighted by Crippen LogP contribution is 2.40. The zero-order valence-electron chi connectivity index (χ0n) is 23.2. The molecular formula is C34H36N2O5. The van der Waals surface area contributed by atoms with Crippen LogP contribution in [0.3, 0.4) is 0 Å². The van der Waals surface area contributed by atoms with Gasteiger partial charge in [-0.3, -0.25) is 14.5 Å². The van der Waals surface area contributed by atoms with Crippen molar-refractivity contribution >= 4 is 17.8 Å². The third-order valence-electron chi connectivity index (χ3n) is 8.23. The molecule has 2 saturated heterocycles. The molecule has 7 nitrogen and oxygen atoms in total. The molecule has 3 aliphatic rings. The van der Waals surface area contributed by atoms with Crippen LogP contribution in [0.2, 0.25) is 0 Å². The van der Waals surface area contributed by atoms with Crippen LogP contribution in [-0.2, 0) is 20.9 Å². The first-order valence-corrected chi connectivity index (χ1v) is 14.5. The number of hydrogen-bond donors (Lipinski definition) is 1. The Kier molecular flexibility index (Phi) is 8.28. The summed E-state index contributed by atoms with van der Waals surface area (Å²) in [7, 11) is 0. The fourth-order valence-corrected chi connectivity index (χ4v) is 5.95. The maximum absolute atomic E-state index is 13.3. The quantitative estimate of drug-likeness (QED) is 0.289. The number of benzene rings is 3. The van der Waals surface area contributed by atoms with Crippen molar-refractivity contribution in [3.63, 3.8) is 0 Å². The maximum Gasteiger partial charge on any atom is 0.267 e. The fourth-order valence-electron chi connectivity index (χ4n) is 5.95. The highest BCUT2D eigenvalue weighted by Gasteiger charge is 2.43. The summed E-state index contributed by atoms with van der Waals surface area (Å²) in [6, 6.07) is 24.6. The highest BCUT2D eigenvalue weighted by atomic mass is 16.8. The lowest BCUT2D eigenvalue weighted by Crippen LogP contribution is -2.50. The van der Waals surface area contributed by atoms with Crippen LogP contribution in [-0.4, -0.2) is 48.2 Å². The molecule has 1 N–H and O–H groups in total. The minimum atomic E-state index is -0.463. The molecule has 0 aliphatic carbocycles. The number of amides is 1. The minimum Gasteiger partial charge on any atom is -0.486 e. The molecule has 41 heavy (non-hydrogen) atoms. The van der Waals surface area contributed by atoms with Gasteiger partial charge in [-0.25, -0.2) is 10.3 Å². The smallest absolute Gasteiger partial charge is 0.267 e. The molecule has 1 spiro atoms. The van der Waals surface area contributed by atoms with Gasteiger partial charge >= 0.3 is 0 Å². The number of piperidine rings is 1. The number of carbonyl (C=O) groups excluding carboxylic acids is 2. The van der Waals surface area contributed by atoms with Gasteiger partial charge in [-0.15, -0.1) is 0 Å². The second kappa shape index (κ2) is 12.4. The predicted molar refractivity (Wildman–Crippen MR) is 157 cm³/mol. The average Bonchev–Trinajstić information content (AvgIpc) is 3.01. The summed E-state index contributed by atoms with van der Waals surface area (Å²) in [5.41, 5.74) is 7.08. The van der Waals surface area contributed by atoms with E-state index in [9.17, 15) is 9.59 Å². The van der Waals surface area contributed by atoms with E-state index in [0.29, 0.717) is 24.3 Å². The van der Waals surface area contributed by atoms with Crippen molar-refractivity contribution in [2.75, 3.05) is 19.7 Å². The lowest BCUT2D eigenvalue weighted by Gasteiger charge is -2.44. The summed E-state index contributed by atoms with van der Waals surface area (Å²) in [5.74, 6) is 0.340. The molecule has 3 heterocycles. The van der Waals surface area contributed by atoms with Gasteiger partial charge in [0.15, 0.2) is 12.1 Å². The van der Waals surface area contributed by atoms with E-state index in [1.807, 2.05) is 18.2 Å². The molecule has 0 radical (unpaired) electrons. The van der Waals surface area contributed by atoms with Crippen LogP contribution in [0.1, 0.15) is 60.0 Å². The highest BCUT2D eigenvalue weighted by molar-refractivity contribution is 6.01. The Labute approximate surface area is 241 Å². The first-order valence-electron chi connectivity index (χ1n) is 14.5. The molecule has 0 saturated carbocycles. The van der Waals surface area contributed by atoms with Crippen LogP contribution in [0.5, 0.6) is 5.75 Å². The van der Waals surface area contributed by atoms with E-state index < -0.39 is 11.9 Å². The molecule has 7 heteroatoms. The van der Waals surface area contributed by atoms with Crippen LogP contribution in [0.25, 0.3) is 17.2 Å². The number of carbonyl (C=O) groups is 2.